The number of rotatable bonds is 2. The monoisotopic (exact) mass is 180 g/mol. The van der Waals surface area contributed by atoms with E-state index in [0.717, 1.165) is 5.56 Å². The van der Waals surface area contributed by atoms with Gasteiger partial charge in [-0.15, -0.1) is 0 Å². The van der Waals surface area contributed by atoms with Gasteiger partial charge in [0.2, 0.25) is 0 Å². The molecule has 1 atom stereocenters. The summed E-state index contributed by atoms with van der Waals surface area (Å²) in [5.41, 5.74) is 7.05. The van der Waals surface area contributed by atoms with E-state index < -0.39 is 6.09 Å². The zero-order valence-electron chi connectivity index (χ0n) is 7.32. The molecule has 0 aliphatic carbocycles. The van der Waals surface area contributed by atoms with Crippen molar-refractivity contribution in [3.05, 3.63) is 29.8 Å². The van der Waals surface area contributed by atoms with E-state index in [9.17, 15) is 4.79 Å². The van der Waals surface area contributed by atoms with E-state index in [1.54, 1.807) is 25.1 Å². The lowest BCUT2D eigenvalue weighted by Gasteiger charge is -2.11. The molecule has 0 unspecified atom stereocenters. The van der Waals surface area contributed by atoms with Gasteiger partial charge in [0.05, 0.1) is 6.04 Å². The molecule has 0 aromatic heterocycles. The Bertz CT molecular complexity index is 312. The summed E-state index contributed by atoms with van der Waals surface area (Å²) in [5, 5.41) is 10.8. The van der Waals surface area contributed by atoms with Crippen molar-refractivity contribution in [3.63, 3.8) is 0 Å². The summed E-state index contributed by atoms with van der Waals surface area (Å²) >= 11 is 0. The van der Waals surface area contributed by atoms with E-state index in [1.165, 1.54) is 0 Å². The maximum Gasteiger partial charge on any atom is 0.405 e. The van der Waals surface area contributed by atoms with Crippen LogP contribution in [0, 0.1) is 0 Å². The van der Waals surface area contributed by atoms with E-state index in [2.05, 4.69) is 5.32 Å². The van der Waals surface area contributed by atoms with Crippen LogP contribution in [0.3, 0.4) is 0 Å². The predicted octanol–water partition coefficient (Wildman–Crippen LogP) is 1.60. The molecule has 0 spiro atoms. The number of hydrogen-bond donors (Lipinski definition) is 3. The molecule has 0 heterocycles. The third-order valence-corrected chi connectivity index (χ3v) is 1.75. The van der Waals surface area contributed by atoms with Crippen LogP contribution < -0.4 is 11.1 Å². The second kappa shape index (κ2) is 3.80. The Balaban J connectivity index is 2.76. The van der Waals surface area contributed by atoms with E-state index >= 15 is 0 Å². The Kier molecular flexibility index (Phi) is 2.74. The lowest BCUT2D eigenvalue weighted by Crippen LogP contribution is -2.24. The summed E-state index contributed by atoms with van der Waals surface area (Å²) in [6.45, 7) is 1.77. The zero-order chi connectivity index (χ0) is 9.84. The van der Waals surface area contributed by atoms with Crippen LogP contribution in [0.15, 0.2) is 24.3 Å². The molecule has 70 valence electrons. The minimum absolute atomic E-state index is 0.235. The summed E-state index contributed by atoms with van der Waals surface area (Å²) in [6, 6.07) is 6.90. The van der Waals surface area contributed by atoms with Gasteiger partial charge in [-0.1, -0.05) is 12.1 Å². The number of nitrogen functional groups attached to an aromatic ring is 1. The third-order valence-electron chi connectivity index (χ3n) is 1.75. The normalized spacial score (nSPS) is 12.1. The number of nitrogens with one attached hydrogen (secondary N) is 1. The van der Waals surface area contributed by atoms with Crippen molar-refractivity contribution >= 4 is 11.8 Å². The summed E-state index contributed by atoms with van der Waals surface area (Å²) in [6.07, 6.45) is -1.03. The van der Waals surface area contributed by atoms with Gasteiger partial charge >= 0.3 is 6.09 Å². The van der Waals surface area contributed by atoms with Gasteiger partial charge < -0.3 is 16.2 Å². The molecular formula is C9H12N2O2. The Labute approximate surface area is 76.4 Å². The molecule has 13 heavy (non-hydrogen) atoms. The first kappa shape index (κ1) is 9.38. The van der Waals surface area contributed by atoms with Crippen LogP contribution in [-0.2, 0) is 0 Å². The maximum atomic E-state index is 10.3. The number of carbonyl (C=O) groups is 1. The number of amides is 1. The van der Waals surface area contributed by atoms with Gasteiger partial charge in [-0.2, -0.15) is 0 Å². The van der Waals surface area contributed by atoms with Crippen LogP contribution in [-0.4, -0.2) is 11.2 Å². The minimum Gasteiger partial charge on any atom is -0.465 e. The highest BCUT2D eigenvalue weighted by Gasteiger charge is 2.07. The van der Waals surface area contributed by atoms with Gasteiger partial charge in [-0.25, -0.2) is 4.79 Å². The first-order chi connectivity index (χ1) is 6.09. The first-order valence-electron chi connectivity index (χ1n) is 3.94. The lowest BCUT2D eigenvalue weighted by molar-refractivity contribution is 0.191. The Morgan fingerprint density at radius 1 is 1.62 bits per heavy atom. The molecule has 0 fully saturated rings. The number of nitrogens with two attached hydrogens (primary N) is 1. The highest BCUT2D eigenvalue weighted by molar-refractivity contribution is 5.65. The Morgan fingerprint density at radius 3 is 2.85 bits per heavy atom. The molecule has 0 radical (unpaired) electrons. The predicted molar refractivity (Wildman–Crippen MR) is 50.4 cm³/mol. The van der Waals surface area contributed by atoms with E-state index in [0.29, 0.717) is 5.69 Å². The zero-order valence-corrected chi connectivity index (χ0v) is 7.32. The lowest BCUT2D eigenvalue weighted by atomic mass is 10.1. The molecule has 1 aromatic rings. The molecule has 4 N–H and O–H groups in total. The van der Waals surface area contributed by atoms with E-state index in [-0.39, 0.29) is 6.04 Å². The summed E-state index contributed by atoms with van der Waals surface area (Å²) < 4.78 is 0. The molecule has 1 rings (SSSR count). The molecule has 1 amide bonds. The molecule has 4 heteroatoms. The molecule has 0 saturated carbocycles. The molecule has 1 aromatic carbocycles. The van der Waals surface area contributed by atoms with E-state index in [1.807, 2.05) is 6.07 Å². The SMILES string of the molecule is C[C@@H](NC(=O)O)c1cccc(N)c1. The summed E-state index contributed by atoms with van der Waals surface area (Å²) in [7, 11) is 0. The van der Waals surface area contributed by atoms with Gasteiger partial charge in [0.1, 0.15) is 0 Å². The molecule has 0 bridgehead atoms. The maximum absolute atomic E-state index is 10.3. The van der Waals surface area contributed by atoms with Crippen molar-refractivity contribution in [2.45, 2.75) is 13.0 Å². The van der Waals surface area contributed by atoms with Crippen LogP contribution in [0.1, 0.15) is 18.5 Å². The number of hydrogen-bond acceptors (Lipinski definition) is 2. The largest absolute Gasteiger partial charge is 0.465 e. The molecule has 0 aliphatic rings. The van der Waals surface area contributed by atoms with Crippen molar-refractivity contribution < 1.29 is 9.90 Å². The second-order valence-electron chi connectivity index (χ2n) is 2.84. The van der Waals surface area contributed by atoms with Crippen LogP contribution in [0.25, 0.3) is 0 Å². The average Bonchev–Trinajstić information content (AvgIpc) is 2.03. The fourth-order valence-corrected chi connectivity index (χ4v) is 1.10. The average molecular weight is 180 g/mol. The van der Waals surface area contributed by atoms with Crippen molar-refractivity contribution in [1.29, 1.82) is 0 Å². The van der Waals surface area contributed by atoms with E-state index in [4.69, 9.17) is 10.8 Å². The molecular weight excluding hydrogens is 168 g/mol. The van der Waals surface area contributed by atoms with Crippen molar-refractivity contribution in [2.24, 2.45) is 0 Å². The summed E-state index contributed by atoms with van der Waals surface area (Å²) in [4.78, 5) is 10.3. The van der Waals surface area contributed by atoms with Crippen LogP contribution in [0.2, 0.25) is 0 Å². The quantitative estimate of drug-likeness (QED) is 0.605. The number of benzene rings is 1. The second-order valence-corrected chi connectivity index (χ2v) is 2.84. The van der Waals surface area contributed by atoms with Gasteiger partial charge in [0.15, 0.2) is 0 Å². The number of carboxylic acid groups (broad SMARTS) is 1. The minimum atomic E-state index is -1.03. The van der Waals surface area contributed by atoms with Crippen LogP contribution in [0.5, 0.6) is 0 Å². The third kappa shape index (κ3) is 2.66. The van der Waals surface area contributed by atoms with Crippen LogP contribution in [0.4, 0.5) is 10.5 Å². The highest BCUT2D eigenvalue weighted by atomic mass is 16.4. The van der Waals surface area contributed by atoms with Crippen molar-refractivity contribution in [2.75, 3.05) is 5.73 Å². The highest BCUT2D eigenvalue weighted by Crippen LogP contribution is 2.14. The van der Waals surface area contributed by atoms with Crippen molar-refractivity contribution in [1.82, 2.24) is 5.32 Å². The smallest absolute Gasteiger partial charge is 0.405 e. The van der Waals surface area contributed by atoms with Gasteiger partial charge in [0.25, 0.3) is 0 Å². The molecule has 0 saturated heterocycles. The fourth-order valence-electron chi connectivity index (χ4n) is 1.10. The standard InChI is InChI=1S/C9H12N2O2/c1-6(11-9(12)13)7-3-2-4-8(10)5-7/h2-6,11H,10H2,1H3,(H,12,13)/t6-/m1/s1. The van der Waals surface area contributed by atoms with Gasteiger partial charge in [0, 0.05) is 5.69 Å². The van der Waals surface area contributed by atoms with Crippen LogP contribution >= 0.6 is 0 Å². The molecule has 0 aliphatic heterocycles. The topological polar surface area (TPSA) is 75.3 Å². The Hall–Kier alpha value is -1.71. The Morgan fingerprint density at radius 2 is 2.31 bits per heavy atom. The first-order valence-corrected chi connectivity index (χ1v) is 3.94. The van der Waals surface area contributed by atoms with Gasteiger partial charge in [-0.05, 0) is 24.6 Å². The van der Waals surface area contributed by atoms with Gasteiger partial charge in [-0.3, -0.25) is 0 Å². The fraction of sp³-hybridized carbons (Fsp3) is 0.222. The number of anilines is 1. The molecule has 4 nitrogen and oxygen atoms in total. The summed E-state index contributed by atoms with van der Waals surface area (Å²) in [5.74, 6) is 0. The van der Waals surface area contributed by atoms with Crippen molar-refractivity contribution in [3.8, 4) is 0 Å².